The van der Waals surface area contributed by atoms with E-state index in [-0.39, 0.29) is 5.48 Å². The number of quaternary nitrogens is 2. The number of hydrogen-bond donors (Lipinski definition) is 2. The van der Waals surface area contributed by atoms with Crippen molar-refractivity contribution >= 4 is 0 Å². The molecule has 0 aromatic carbocycles. The minimum Gasteiger partial charge on any atom is -2.00 e. The maximum Gasteiger partial charge on any atom is 0.0766 e. The first-order chi connectivity index (χ1) is 16.5. The molecule has 3 heteroatoms. The van der Waals surface area contributed by atoms with E-state index in [1.165, 1.54) is 167 Å². The zero-order chi connectivity index (χ0) is 25.5. The molecule has 0 rings (SSSR count). The van der Waals surface area contributed by atoms with E-state index in [9.17, 15) is 0 Å². The van der Waals surface area contributed by atoms with Crippen LogP contribution in [0.1, 0.15) is 168 Å². The van der Waals surface area contributed by atoms with E-state index in [0.717, 1.165) is 0 Å². The SMILES string of the molecule is CCCCCCCCCCCCCC[NH+](C)C.CCCCCCCCCCCCCC[NH+](C)C.[O-2]. The van der Waals surface area contributed by atoms with Crippen LogP contribution in [-0.2, 0) is 5.48 Å². The van der Waals surface area contributed by atoms with Crippen LogP contribution in [0, 0.1) is 0 Å². The summed E-state index contributed by atoms with van der Waals surface area (Å²) in [6, 6.07) is 0. The monoisotopic (exact) mass is 501 g/mol. The molecule has 0 amide bonds. The summed E-state index contributed by atoms with van der Waals surface area (Å²) < 4.78 is 0. The van der Waals surface area contributed by atoms with Crippen LogP contribution in [0.15, 0.2) is 0 Å². The number of rotatable bonds is 26. The molecule has 0 heterocycles. The van der Waals surface area contributed by atoms with Gasteiger partial charge in [-0.15, -0.1) is 0 Å². The molecule has 216 valence electrons. The zero-order valence-electron chi connectivity index (χ0n) is 25.8. The first-order valence-electron chi connectivity index (χ1n) is 16.1. The van der Waals surface area contributed by atoms with Crippen molar-refractivity contribution < 1.29 is 15.3 Å². The van der Waals surface area contributed by atoms with Crippen LogP contribution in [0.5, 0.6) is 0 Å². The van der Waals surface area contributed by atoms with E-state index in [0.29, 0.717) is 0 Å². The molecule has 0 aliphatic rings. The largest absolute Gasteiger partial charge is 2.00 e. The van der Waals surface area contributed by atoms with Gasteiger partial charge < -0.3 is 15.3 Å². The Morgan fingerprint density at radius 2 is 0.457 bits per heavy atom. The van der Waals surface area contributed by atoms with Gasteiger partial charge in [0.15, 0.2) is 0 Å². The van der Waals surface area contributed by atoms with Crippen LogP contribution in [0.4, 0.5) is 0 Å². The Kier molecular flexibility index (Phi) is 40.6. The van der Waals surface area contributed by atoms with E-state index >= 15 is 0 Å². The Morgan fingerprint density at radius 3 is 0.629 bits per heavy atom. The average molecular weight is 501 g/mol. The molecular weight excluding hydrogens is 428 g/mol. The molecule has 0 bridgehead atoms. The standard InChI is InChI=1S/2C16H35N.O/c2*1-4-5-6-7-8-9-10-11-12-13-14-15-16-17(2)3;/h2*4-16H2,1-3H3;/q;;-2/p+2. The molecule has 0 unspecified atom stereocenters. The van der Waals surface area contributed by atoms with Gasteiger partial charge in [-0.3, -0.25) is 0 Å². The van der Waals surface area contributed by atoms with Gasteiger partial charge in [0.1, 0.15) is 0 Å². The van der Waals surface area contributed by atoms with Gasteiger partial charge in [0.25, 0.3) is 0 Å². The van der Waals surface area contributed by atoms with Crippen LogP contribution in [0.3, 0.4) is 0 Å². The van der Waals surface area contributed by atoms with Crippen LogP contribution in [-0.4, -0.2) is 41.3 Å². The summed E-state index contributed by atoms with van der Waals surface area (Å²) in [6.45, 7) is 7.27. The highest BCUT2D eigenvalue weighted by Gasteiger charge is 1.96. The normalized spacial score (nSPS) is 11.0. The summed E-state index contributed by atoms with van der Waals surface area (Å²) >= 11 is 0. The molecule has 0 atom stereocenters. The molecule has 0 aliphatic carbocycles. The van der Waals surface area contributed by atoms with E-state index < -0.39 is 0 Å². The quantitative estimate of drug-likeness (QED) is 0.115. The lowest BCUT2D eigenvalue weighted by Crippen LogP contribution is -3.05. The first kappa shape index (κ1) is 39.4. The van der Waals surface area contributed by atoms with Crippen molar-refractivity contribution in [2.45, 2.75) is 168 Å². The molecule has 0 saturated carbocycles. The van der Waals surface area contributed by atoms with Crippen molar-refractivity contribution in [1.82, 2.24) is 0 Å². The molecule has 2 N–H and O–H groups in total. The van der Waals surface area contributed by atoms with Crippen molar-refractivity contribution in [1.29, 1.82) is 0 Å². The smallest absolute Gasteiger partial charge is 0.0766 e. The minimum atomic E-state index is 0. The summed E-state index contributed by atoms with van der Waals surface area (Å²) in [5.41, 5.74) is 0. The Balaban J connectivity index is -0.000000569. The van der Waals surface area contributed by atoms with Gasteiger partial charge in [-0.05, 0) is 25.7 Å². The van der Waals surface area contributed by atoms with Gasteiger partial charge in [0, 0.05) is 0 Å². The summed E-state index contributed by atoms with van der Waals surface area (Å²) in [7, 11) is 8.99. The zero-order valence-corrected chi connectivity index (χ0v) is 25.8. The van der Waals surface area contributed by atoms with E-state index in [4.69, 9.17) is 0 Å². The molecule has 0 aliphatic heterocycles. The van der Waals surface area contributed by atoms with Crippen molar-refractivity contribution in [3.05, 3.63) is 0 Å². The topological polar surface area (TPSA) is 37.4 Å². The predicted molar refractivity (Wildman–Crippen MR) is 158 cm³/mol. The summed E-state index contributed by atoms with van der Waals surface area (Å²) in [4.78, 5) is 3.19. The molecule has 0 radical (unpaired) electrons. The molecule has 0 saturated heterocycles. The third kappa shape index (κ3) is 44.3. The van der Waals surface area contributed by atoms with Gasteiger partial charge >= 0.3 is 0 Å². The lowest BCUT2D eigenvalue weighted by Gasteiger charge is -2.06. The summed E-state index contributed by atoms with van der Waals surface area (Å²) in [5.74, 6) is 0. The molecule has 35 heavy (non-hydrogen) atoms. The molecule has 0 spiro atoms. The third-order valence-corrected chi connectivity index (χ3v) is 7.06. The van der Waals surface area contributed by atoms with Gasteiger partial charge in [0.2, 0.25) is 0 Å². The van der Waals surface area contributed by atoms with Crippen LogP contribution in [0.2, 0.25) is 0 Å². The molecular formula is C32H72N2O. The fourth-order valence-electron chi connectivity index (χ4n) is 4.64. The van der Waals surface area contributed by atoms with Gasteiger partial charge in [-0.1, -0.05) is 142 Å². The van der Waals surface area contributed by atoms with Crippen LogP contribution >= 0.6 is 0 Å². The highest BCUT2D eigenvalue weighted by atomic mass is 16.0. The minimum absolute atomic E-state index is 0. The highest BCUT2D eigenvalue weighted by Crippen LogP contribution is 2.12. The Hall–Kier alpha value is -0.120. The molecule has 0 aromatic heterocycles. The highest BCUT2D eigenvalue weighted by molar-refractivity contribution is 4.49. The van der Waals surface area contributed by atoms with Crippen molar-refractivity contribution in [3.63, 3.8) is 0 Å². The Morgan fingerprint density at radius 1 is 0.286 bits per heavy atom. The third-order valence-electron chi connectivity index (χ3n) is 7.06. The average Bonchev–Trinajstić information content (AvgIpc) is 2.80. The lowest BCUT2D eigenvalue weighted by molar-refractivity contribution is -0.858. The van der Waals surface area contributed by atoms with Crippen molar-refractivity contribution in [2.75, 3.05) is 41.3 Å². The van der Waals surface area contributed by atoms with E-state index in [1.54, 1.807) is 9.80 Å². The van der Waals surface area contributed by atoms with Gasteiger partial charge in [-0.2, -0.15) is 0 Å². The number of unbranched alkanes of at least 4 members (excludes halogenated alkanes) is 22. The number of nitrogens with one attached hydrogen (secondary N) is 2. The Bertz CT molecular complexity index is 302. The molecule has 0 fully saturated rings. The fourth-order valence-corrected chi connectivity index (χ4v) is 4.64. The summed E-state index contributed by atoms with van der Waals surface area (Å²) in [6.07, 6.45) is 34.9. The fraction of sp³-hybridized carbons (Fsp3) is 1.00. The molecule has 0 aromatic rings. The van der Waals surface area contributed by atoms with Crippen molar-refractivity contribution in [2.24, 2.45) is 0 Å². The second kappa shape index (κ2) is 36.0. The van der Waals surface area contributed by atoms with Crippen LogP contribution in [0.25, 0.3) is 0 Å². The predicted octanol–water partition coefficient (Wildman–Crippen LogP) is 7.55. The maximum absolute atomic E-state index is 2.29. The van der Waals surface area contributed by atoms with Crippen LogP contribution < -0.4 is 9.80 Å². The van der Waals surface area contributed by atoms with Crippen molar-refractivity contribution in [3.8, 4) is 0 Å². The number of hydrogen-bond acceptors (Lipinski definition) is 0. The lowest BCUT2D eigenvalue weighted by atomic mass is 10.1. The summed E-state index contributed by atoms with van der Waals surface area (Å²) in [5, 5.41) is 0. The Labute approximate surface area is 224 Å². The van der Waals surface area contributed by atoms with Gasteiger partial charge in [-0.25, -0.2) is 0 Å². The molecule has 3 nitrogen and oxygen atoms in total. The second-order valence-corrected chi connectivity index (χ2v) is 11.7. The van der Waals surface area contributed by atoms with Gasteiger partial charge in [0.05, 0.1) is 41.3 Å². The van der Waals surface area contributed by atoms with E-state index in [1.807, 2.05) is 0 Å². The van der Waals surface area contributed by atoms with E-state index in [2.05, 4.69) is 42.0 Å². The maximum atomic E-state index is 2.29. The first-order valence-corrected chi connectivity index (χ1v) is 16.1. The second-order valence-electron chi connectivity index (χ2n) is 11.7.